The fourth-order valence-corrected chi connectivity index (χ4v) is 1.64. The molecule has 0 saturated heterocycles. The van der Waals surface area contributed by atoms with Crippen molar-refractivity contribution in [1.82, 2.24) is 4.98 Å². The highest BCUT2D eigenvalue weighted by molar-refractivity contribution is 6.09. The maximum absolute atomic E-state index is 13.5. The number of ketones is 1. The lowest BCUT2D eigenvalue weighted by molar-refractivity contribution is 0.103. The molecule has 1 aromatic heterocycles. The summed E-state index contributed by atoms with van der Waals surface area (Å²) in [6.45, 7) is 2.65. The predicted octanol–water partition coefficient (Wildman–Crippen LogP) is 3.24. The van der Waals surface area contributed by atoms with Crippen molar-refractivity contribution in [3.05, 3.63) is 59.7 Å². The van der Waals surface area contributed by atoms with Crippen LogP contribution in [0.4, 0.5) is 4.39 Å². The quantitative estimate of drug-likeness (QED) is 0.774. The number of halogens is 1. The molecule has 1 heterocycles. The number of benzene rings is 1. The fraction of sp³-hybridized carbons (Fsp3) is 0.200. The summed E-state index contributed by atoms with van der Waals surface area (Å²) in [5.74, 6) is -0.269. The molecule has 98 valence electrons. The molecule has 4 heteroatoms. The van der Waals surface area contributed by atoms with Gasteiger partial charge in [-0.2, -0.15) is 0 Å². The van der Waals surface area contributed by atoms with Crippen LogP contribution in [0.1, 0.15) is 29.3 Å². The van der Waals surface area contributed by atoms with Gasteiger partial charge < -0.3 is 4.74 Å². The van der Waals surface area contributed by atoms with E-state index in [9.17, 15) is 9.18 Å². The second-order valence-electron chi connectivity index (χ2n) is 4.06. The summed E-state index contributed by atoms with van der Waals surface area (Å²) in [5, 5.41) is 0. The Labute approximate surface area is 111 Å². The first kappa shape index (κ1) is 13.2. The van der Waals surface area contributed by atoms with E-state index in [0.29, 0.717) is 17.9 Å². The van der Waals surface area contributed by atoms with Gasteiger partial charge in [0.15, 0.2) is 11.6 Å². The smallest absolute Gasteiger partial charge is 0.196 e. The Balaban J connectivity index is 2.18. The number of pyridine rings is 1. The van der Waals surface area contributed by atoms with Crippen LogP contribution in [0.2, 0.25) is 0 Å². The normalized spacial score (nSPS) is 10.2. The Bertz CT molecular complexity index is 567. The van der Waals surface area contributed by atoms with E-state index in [1.165, 1.54) is 12.3 Å². The first-order chi connectivity index (χ1) is 9.22. The Hall–Kier alpha value is -2.23. The Morgan fingerprint density at radius 3 is 2.63 bits per heavy atom. The molecular weight excluding hydrogens is 245 g/mol. The molecule has 3 nitrogen and oxygen atoms in total. The second kappa shape index (κ2) is 6.09. The van der Waals surface area contributed by atoms with Crippen molar-refractivity contribution < 1.29 is 13.9 Å². The summed E-state index contributed by atoms with van der Waals surface area (Å²) in [7, 11) is 0. The number of carbonyl (C=O) groups is 1. The van der Waals surface area contributed by atoms with Crippen molar-refractivity contribution in [1.29, 1.82) is 0 Å². The molecule has 0 aliphatic rings. The molecule has 0 unspecified atom stereocenters. The number of nitrogens with zero attached hydrogens (tertiary/aromatic N) is 1. The van der Waals surface area contributed by atoms with Gasteiger partial charge in [0.1, 0.15) is 5.75 Å². The number of ether oxygens (including phenoxy) is 1. The van der Waals surface area contributed by atoms with Crippen molar-refractivity contribution in [2.75, 3.05) is 6.61 Å². The largest absolute Gasteiger partial charge is 0.494 e. The third kappa shape index (κ3) is 3.16. The molecule has 0 bridgehead atoms. The predicted molar refractivity (Wildman–Crippen MR) is 69.9 cm³/mol. The lowest BCUT2D eigenvalue weighted by Gasteiger charge is -2.06. The number of carbonyl (C=O) groups excluding carboxylic acids is 1. The summed E-state index contributed by atoms with van der Waals surface area (Å²) in [6, 6.07) is 8.06. The van der Waals surface area contributed by atoms with Gasteiger partial charge in [-0.3, -0.25) is 9.78 Å². The number of rotatable bonds is 5. The summed E-state index contributed by atoms with van der Waals surface area (Å²) in [5.41, 5.74) is 0.450. The van der Waals surface area contributed by atoms with E-state index < -0.39 is 5.82 Å². The van der Waals surface area contributed by atoms with Crippen LogP contribution >= 0.6 is 0 Å². The SMILES string of the molecule is CCCOc1ccc(C(=O)c2ccncc2F)cc1. The van der Waals surface area contributed by atoms with E-state index in [0.717, 1.165) is 12.6 Å². The summed E-state index contributed by atoms with van der Waals surface area (Å²) in [4.78, 5) is 15.7. The molecule has 1 aromatic carbocycles. The molecule has 2 aromatic rings. The van der Waals surface area contributed by atoms with Crippen LogP contribution in [-0.2, 0) is 0 Å². The third-order valence-corrected chi connectivity index (χ3v) is 2.61. The van der Waals surface area contributed by atoms with E-state index in [-0.39, 0.29) is 11.3 Å². The summed E-state index contributed by atoms with van der Waals surface area (Å²) >= 11 is 0. The molecule has 19 heavy (non-hydrogen) atoms. The number of aromatic nitrogens is 1. The van der Waals surface area contributed by atoms with E-state index in [1.54, 1.807) is 24.3 Å². The van der Waals surface area contributed by atoms with Crippen molar-refractivity contribution in [3.8, 4) is 5.75 Å². The second-order valence-corrected chi connectivity index (χ2v) is 4.06. The van der Waals surface area contributed by atoms with E-state index in [1.807, 2.05) is 6.92 Å². The van der Waals surface area contributed by atoms with E-state index in [2.05, 4.69) is 4.98 Å². The first-order valence-electron chi connectivity index (χ1n) is 6.09. The topological polar surface area (TPSA) is 39.2 Å². The van der Waals surface area contributed by atoms with Gasteiger partial charge in [0, 0.05) is 11.8 Å². The maximum Gasteiger partial charge on any atom is 0.196 e. The van der Waals surface area contributed by atoms with Gasteiger partial charge >= 0.3 is 0 Å². The Kier molecular flexibility index (Phi) is 4.23. The minimum Gasteiger partial charge on any atom is -0.494 e. The molecule has 0 radical (unpaired) electrons. The van der Waals surface area contributed by atoms with Gasteiger partial charge in [0.05, 0.1) is 18.4 Å². The van der Waals surface area contributed by atoms with Gasteiger partial charge in [0.25, 0.3) is 0 Å². The Morgan fingerprint density at radius 2 is 2.00 bits per heavy atom. The molecule has 0 amide bonds. The fourth-order valence-electron chi connectivity index (χ4n) is 1.64. The highest BCUT2D eigenvalue weighted by Gasteiger charge is 2.13. The van der Waals surface area contributed by atoms with Gasteiger partial charge in [-0.15, -0.1) is 0 Å². The van der Waals surface area contributed by atoms with Crippen LogP contribution in [0.15, 0.2) is 42.7 Å². The molecule has 0 saturated carbocycles. The van der Waals surface area contributed by atoms with Crippen LogP contribution in [0.25, 0.3) is 0 Å². The van der Waals surface area contributed by atoms with Crippen molar-refractivity contribution in [3.63, 3.8) is 0 Å². The summed E-state index contributed by atoms with van der Waals surface area (Å²) in [6.07, 6.45) is 3.35. The van der Waals surface area contributed by atoms with Gasteiger partial charge in [-0.25, -0.2) is 4.39 Å². The standard InChI is InChI=1S/C15H14FNO2/c1-2-9-19-12-5-3-11(4-6-12)15(18)13-7-8-17-10-14(13)16/h3-8,10H,2,9H2,1H3. The molecule has 2 rings (SSSR count). The minimum atomic E-state index is -0.612. The molecule has 0 spiro atoms. The van der Waals surface area contributed by atoms with Gasteiger partial charge in [-0.1, -0.05) is 6.92 Å². The van der Waals surface area contributed by atoms with Crippen LogP contribution in [0.3, 0.4) is 0 Å². The minimum absolute atomic E-state index is 0.0252. The third-order valence-electron chi connectivity index (χ3n) is 2.61. The first-order valence-corrected chi connectivity index (χ1v) is 6.09. The summed E-state index contributed by atoms with van der Waals surface area (Å²) < 4.78 is 18.9. The highest BCUT2D eigenvalue weighted by Crippen LogP contribution is 2.16. The van der Waals surface area contributed by atoms with Gasteiger partial charge in [0.2, 0.25) is 0 Å². The molecule has 0 aliphatic carbocycles. The van der Waals surface area contributed by atoms with Crippen LogP contribution < -0.4 is 4.74 Å². The maximum atomic E-state index is 13.5. The highest BCUT2D eigenvalue weighted by atomic mass is 19.1. The average Bonchev–Trinajstić information content (AvgIpc) is 2.45. The molecule has 0 fully saturated rings. The van der Waals surface area contributed by atoms with Crippen molar-refractivity contribution >= 4 is 5.78 Å². The van der Waals surface area contributed by atoms with E-state index >= 15 is 0 Å². The Morgan fingerprint density at radius 1 is 1.26 bits per heavy atom. The lowest BCUT2D eigenvalue weighted by atomic mass is 10.0. The van der Waals surface area contributed by atoms with Crippen LogP contribution in [0, 0.1) is 5.82 Å². The van der Waals surface area contributed by atoms with Gasteiger partial charge in [-0.05, 0) is 36.8 Å². The number of hydrogen-bond acceptors (Lipinski definition) is 3. The van der Waals surface area contributed by atoms with Crippen LogP contribution in [-0.4, -0.2) is 17.4 Å². The molecule has 0 atom stereocenters. The molecule has 0 N–H and O–H groups in total. The van der Waals surface area contributed by atoms with E-state index in [4.69, 9.17) is 4.74 Å². The van der Waals surface area contributed by atoms with Crippen molar-refractivity contribution in [2.45, 2.75) is 13.3 Å². The lowest BCUT2D eigenvalue weighted by Crippen LogP contribution is -2.04. The molecular formula is C15H14FNO2. The zero-order valence-corrected chi connectivity index (χ0v) is 10.6. The van der Waals surface area contributed by atoms with Crippen LogP contribution in [0.5, 0.6) is 5.75 Å². The zero-order chi connectivity index (χ0) is 13.7. The molecule has 0 aliphatic heterocycles. The average molecular weight is 259 g/mol. The number of hydrogen-bond donors (Lipinski definition) is 0. The van der Waals surface area contributed by atoms with Crippen molar-refractivity contribution in [2.24, 2.45) is 0 Å². The monoisotopic (exact) mass is 259 g/mol. The zero-order valence-electron chi connectivity index (χ0n) is 10.6.